The van der Waals surface area contributed by atoms with Gasteiger partial charge in [-0.15, -0.1) is 0 Å². The molecule has 1 atom stereocenters. The topological polar surface area (TPSA) is 32.7 Å². The van der Waals surface area contributed by atoms with Crippen LogP contribution in [-0.2, 0) is 0 Å². The summed E-state index contributed by atoms with van der Waals surface area (Å²) in [6.07, 6.45) is 3.67. The van der Waals surface area contributed by atoms with Crippen molar-refractivity contribution in [2.45, 2.75) is 18.9 Å². The summed E-state index contributed by atoms with van der Waals surface area (Å²) in [4.78, 5) is 2.24. The molecule has 2 bridgehead atoms. The third-order valence-corrected chi connectivity index (χ3v) is 4.70. The summed E-state index contributed by atoms with van der Waals surface area (Å²) < 4.78 is 5.35. The molecule has 3 fully saturated rings. The van der Waals surface area contributed by atoms with E-state index in [1.165, 1.54) is 0 Å². The lowest BCUT2D eigenvalue weighted by molar-refractivity contribution is 0.0215. The molecule has 0 saturated carbocycles. The van der Waals surface area contributed by atoms with Gasteiger partial charge in [0.15, 0.2) is 0 Å². The Hall–Kier alpha value is -0.900. The van der Waals surface area contributed by atoms with Crippen molar-refractivity contribution in [2.75, 3.05) is 20.2 Å². The van der Waals surface area contributed by atoms with Gasteiger partial charge in [0.05, 0.1) is 18.2 Å². The predicted molar refractivity (Wildman–Crippen MR) is 81.3 cm³/mol. The van der Waals surface area contributed by atoms with Gasteiger partial charge in [-0.2, -0.15) is 0 Å². The zero-order chi connectivity index (χ0) is 14.3. The van der Waals surface area contributed by atoms with E-state index in [0.29, 0.717) is 21.7 Å². The lowest BCUT2D eigenvalue weighted by atomic mass is 9.83. The van der Waals surface area contributed by atoms with Crippen molar-refractivity contribution in [3.63, 3.8) is 0 Å². The van der Waals surface area contributed by atoms with Gasteiger partial charge >= 0.3 is 0 Å². The Labute approximate surface area is 128 Å². The van der Waals surface area contributed by atoms with Gasteiger partial charge in [-0.25, -0.2) is 0 Å². The Morgan fingerprint density at radius 3 is 2.60 bits per heavy atom. The average molecular weight is 314 g/mol. The standard InChI is InChI=1S/C15H17Cl2NO2/c1-20-15-10(6-11(16)8-12(15)17)7-13-14(19)9-2-4-18(13)5-3-9/h6-9,14,19H,2-5H2,1H3/b13-7-/t14-/m0/s1. The molecule has 0 amide bonds. The quantitative estimate of drug-likeness (QED) is 0.908. The van der Waals surface area contributed by atoms with Crippen molar-refractivity contribution in [1.82, 2.24) is 4.90 Å². The zero-order valence-electron chi connectivity index (χ0n) is 11.3. The van der Waals surface area contributed by atoms with E-state index in [-0.39, 0.29) is 0 Å². The van der Waals surface area contributed by atoms with Crippen molar-refractivity contribution in [2.24, 2.45) is 5.92 Å². The summed E-state index contributed by atoms with van der Waals surface area (Å²) in [5.74, 6) is 0.963. The lowest BCUT2D eigenvalue weighted by Gasteiger charge is -2.46. The van der Waals surface area contributed by atoms with Crippen LogP contribution in [0, 0.1) is 5.92 Å². The van der Waals surface area contributed by atoms with Crippen LogP contribution in [0.25, 0.3) is 6.08 Å². The van der Waals surface area contributed by atoms with Crippen molar-refractivity contribution >= 4 is 29.3 Å². The summed E-state index contributed by atoms with van der Waals surface area (Å²) >= 11 is 12.2. The van der Waals surface area contributed by atoms with Gasteiger partial charge in [-0.3, -0.25) is 0 Å². The van der Waals surface area contributed by atoms with E-state index in [0.717, 1.165) is 37.2 Å². The predicted octanol–water partition coefficient (Wildman–Crippen LogP) is 3.43. The number of rotatable bonds is 2. The summed E-state index contributed by atoms with van der Waals surface area (Å²) in [6.45, 7) is 2.01. The molecule has 0 aliphatic carbocycles. The molecule has 20 heavy (non-hydrogen) atoms. The first-order chi connectivity index (χ1) is 9.60. The van der Waals surface area contributed by atoms with Gasteiger partial charge in [0.2, 0.25) is 0 Å². The minimum atomic E-state index is -0.403. The lowest BCUT2D eigenvalue weighted by Crippen LogP contribution is -2.48. The van der Waals surface area contributed by atoms with Gasteiger partial charge in [-0.05, 0) is 37.0 Å². The highest BCUT2D eigenvalue weighted by molar-refractivity contribution is 6.35. The van der Waals surface area contributed by atoms with Gasteiger partial charge in [-0.1, -0.05) is 23.2 Å². The summed E-state index contributed by atoms with van der Waals surface area (Å²) in [6, 6.07) is 3.48. The number of hydrogen-bond donors (Lipinski definition) is 1. The molecule has 3 aliphatic rings. The zero-order valence-corrected chi connectivity index (χ0v) is 12.8. The molecular weight excluding hydrogens is 297 g/mol. The number of benzene rings is 1. The molecule has 0 radical (unpaired) electrons. The van der Waals surface area contributed by atoms with Crippen molar-refractivity contribution < 1.29 is 9.84 Å². The monoisotopic (exact) mass is 313 g/mol. The van der Waals surface area contributed by atoms with E-state index >= 15 is 0 Å². The number of ether oxygens (including phenoxy) is 1. The molecule has 3 nitrogen and oxygen atoms in total. The minimum absolute atomic E-state index is 0.368. The van der Waals surface area contributed by atoms with Crippen LogP contribution in [0.2, 0.25) is 10.0 Å². The molecule has 0 aromatic heterocycles. The van der Waals surface area contributed by atoms with Crippen LogP contribution in [0.1, 0.15) is 18.4 Å². The number of methoxy groups -OCH3 is 1. The fraction of sp³-hybridized carbons (Fsp3) is 0.467. The highest BCUT2D eigenvalue weighted by atomic mass is 35.5. The molecule has 3 saturated heterocycles. The molecule has 4 rings (SSSR count). The van der Waals surface area contributed by atoms with Crippen molar-refractivity contribution in [1.29, 1.82) is 0 Å². The first-order valence-corrected chi connectivity index (χ1v) is 7.53. The van der Waals surface area contributed by atoms with Crippen LogP contribution in [-0.4, -0.2) is 36.3 Å². The third-order valence-electron chi connectivity index (χ3n) is 4.20. The number of aliphatic hydroxyl groups is 1. The number of fused-ring (bicyclic) bond motifs is 3. The van der Waals surface area contributed by atoms with Crippen LogP contribution < -0.4 is 4.74 Å². The third kappa shape index (κ3) is 2.39. The van der Waals surface area contributed by atoms with Crippen LogP contribution in [0.3, 0.4) is 0 Å². The van der Waals surface area contributed by atoms with Gasteiger partial charge < -0.3 is 14.7 Å². The number of aliphatic hydroxyl groups excluding tert-OH is 1. The Balaban J connectivity index is 2.03. The van der Waals surface area contributed by atoms with Crippen molar-refractivity contribution in [3.05, 3.63) is 33.4 Å². The molecule has 1 aromatic rings. The van der Waals surface area contributed by atoms with E-state index < -0.39 is 6.10 Å². The van der Waals surface area contributed by atoms with E-state index in [1.54, 1.807) is 13.2 Å². The maximum absolute atomic E-state index is 10.4. The first kappa shape index (κ1) is 14.1. The second-order valence-electron chi connectivity index (χ2n) is 5.35. The van der Waals surface area contributed by atoms with Gasteiger partial charge in [0.25, 0.3) is 0 Å². The largest absolute Gasteiger partial charge is 0.495 e. The highest BCUT2D eigenvalue weighted by Gasteiger charge is 2.36. The van der Waals surface area contributed by atoms with Gasteiger partial charge in [0.1, 0.15) is 5.75 Å². The number of piperidine rings is 3. The highest BCUT2D eigenvalue weighted by Crippen LogP contribution is 2.39. The van der Waals surface area contributed by atoms with Crippen LogP contribution >= 0.6 is 23.2 Å². The SMILES string of the molecule is COc1c(Cl)cc(Cl)cc1/C=C1/[C@@H](O)C2CCN1CC2. The molecular formula is C15H17Cl2NO2. The Morgan fingerprint density at radius 2 is 2.00 bits per heavy atom. The summed E-state index contributed by atoms with van der Waals surface area (Å²) in [5.41, 5.74) is 1.76. The second-order valence-corrected chi connectivity index (χ2v) is 6.19. The molecule has 0 unspecified atom stereocenters. The molecule has 3 aliphatic heterocycles. The van der Waals surface area contributed by atoms with Gasteiger partial charge in [0, 0.05) is 29.4 Å². The minimum Gasteiger partial charge on any atom is -0.495 e. The Bertz CT molecular complexity index is 547. The normalized spacial score (nSPS) is 27.2. The molecule has 1 aromatic carbocycles. The number of halogens is 2. The molecule has 1 N–H and O–H groups in total. The van der Waals surface area contributed by atoms with Crippen LogP contribution in [0.4, 0.5) is 0 Å². The molecule has 5 heteroatoms. The van der Waals surface area contributed by atoms with E-state index in [2.05, 4.69) is 4.90 Å². The molecule has 108 valence electrons. The van der Waals surface area contributed by atoms with E-state index in [9.17, 15) is 5.11 Å². The number of hydrogen-bond acceptors (Lipinski definition) is 3. The summed E-state index contributed by atoms with van der Waals surface area (Å²) in [7, 11) is 1.58. The first-order valence-electron chi connectivity index (χ1n) is 6.78. The second kappa shape index (κ2) is 5.47. The molecule has 0 spiro atoms. The maximum atomic E-state index is 10.4. The molecule has 3 heterocycles. The van der Waals surface area contributed by atoms with Crippen LogP contribution in [0.5, 0.6) is 5.75 Å². The Morgan fingerprint density at radius 1 is 1.30 bits per heavy atom. The maximum Gasteiger partial charge on any atom is 0.144 e. The van der Waals surface area contributed by atoms with Crippen molar-refractivity contribution in [3.8, 4) is 5.75 Å². The fourth-order valence-electron chi connectivity index (χ4n) is 3.14. The number of nitrogens with zero attached hydrogens (tertiary/aromatic N) is 1. The smallest absolute Gasteiger partial charge is 0.144 e. The summed E-state index contributed by atoms with van der Waals surface area (Å²) in [5, 5.41) is 11.5. The van der Waals surface area contributed by atoms with E-state index in [1.807, 2.05) is 12.1 Å². The fourth-order valence-corrected chi connectivity index (χ4v) is 3.73. The Kier molecular flexibility index (Phi) is 3.85. The van der Waals surface area contributed by atoms with Crippen LogP contribution in [0.15, 0.2) is 17.8 Å². The van der Waals surface area contributed by atoms with E-state index in [4.69, 9.17) is 27.9 Å². The average Bonchev–Trinajstić information content (AvgIpc) is 2.43.